The van der Waals surface area contributed by atoms with Crippen LogP contribution in [0.15, 0.2) is 0 Å². The van der Waals surface area contributed by atoms with Gasteiger partial charge in [-0.1, -0.05) is 0 Å². The Kier molecular flexibility index (Phi) is 35.8. The predicted molar refractivity (Wildman–Crippen MR) is 375 cm³/mol. The summed E-state index contributed by atoms with van der Waals surface area (Å²) < 4.78 is 112. The molecule has 0 unspecified atom stereocenters. The topological polar surface area (TPSA) is 838 Å². The van der Waals surface area contributed by atoms with Gasteiger partial charge in [-0.25, -0.2) is 0 Å². The summed E-state index contributed by atoms with van der Waals surface area (Å²) in [5.74, 6) is -3.78. The Morgan fingerprint density at radius 2 is 0.492 bits per heavy atom. The van der Waals surface area contributed by atoms with E-state index in [0.29, 0.717) is 0 Å². The van der Waals surface area contributed by atoms with E-state index in [0.717, 1.165) is 27.7 Å². The van der Waals surface area contributed by atoms with Crippen LogP contribution >= 0.6 is 0 Å². The lowest BCUT2D eigenvalue weighted by atomic mass is 9.93. The van der Waals surface area contributed by atoms with Crippen molar-refractivity contribution in [2.75, 3.05) is 59.5 Å². The molecule has 0 saturated carbocycles. The van der Waals surface area contributed by atoms with E-state index in [-0.39, 0.29) is 0 Å². The zero-order valence-corrected chi connectivity index (χ0v) is 65.7. The highest BCUT2D eigenvalue weighted by Crippen LogP contribution is 2.41. The first-order valence-corrected chi connectivity index (χ1v) is 39.0. The molecule has 10 fully saturated rings. The zero-order chi connectivity index (χ0) is 89.8. The summed E-state index contributed by atoms with van der Waals surface area (Å²) in [5, 5.41) is 310. The fraction of sp³-hybridized carbons (Fsp3) is 0.941. The number of carbonyl (C=O) groups is 4. The van der Waals surface area contributed by atoms with E-state index in [1.165, 1.54) is 6.92 Å². The number of hydrogen-bond donors (Lipinski definition) is 31. The van der Waals surface area contributed by atoms with Crippen molar-refractivity contribution in [2.24, 2.45) is 0 Å². The lowest BCUT2D eigenvalue weighted by Gasteiger charge is -2.51. The predicted octanol–water partition coefficient (Wildman–Crippen LogP) is -21.2. The smallest absolute Gasteiger partial charge is 0.217 e. The van der Waals surface area contributed by atoms with E-state index >= 15 is 0 Å². The van der Waals surface area contributed by atoms with Crippen molar-refractivity contribution in [3.63, 3.8) is 0 Å². The minimum absolute atomic E-state index is 0.809. The van der Waals surface area contributed by atoms with Crippen LogP contribution < -0.4 is 21.3 Å². The molecule has 0 radical (unpaired) electrons. The quantitative estimate of drug-likeness (QED) is 0.0306. The van der Waals surface area contributed by atoms with Gasteiger partial charge >= 0.3 is 0 Å². The highest BCUT2D eigenvalue weighted by Gasteiger charge is 2.62. The van der Waals surface area contributed by atoms with E-state index < -0.39 is 390 Å². The third-order valence-corrected chi connectivity index (χ3v) is 22.4. The van der Waals surface area contributed by atoms with Crippen LogP contribution in [-0.2, 0) is 109 Å². The summed E-state index contributed by atoms with van der Waals surface area (Å²) in [6, 6.07) is -7.68. The molecular weight excluding hydrogens is 1670 g/mol. The van der Waals surface area contributed by atoms with Crippen molar-refractivity contribution in [1.82, 2.24) is 21.3 Å². The molecule has 0 aliphatic carbocycles. The monoisotopic (exact) mass is 1790 g/mol. The molecule has 706 valence electrons. The first-order chi connectivity index (χ1) is 57.7. The highest BCUT2D eigenvalue weighted by atomic mass is 16.8. The molecule has 0 aromatic carbocycles. The number of aliphatic hydroxyl groups excluding tert-OH is 27. The summed E-state index contributed by atoms with van der Waals surface area (Å²) >= 11 is 0. The van der Waals surface area contributed by atoms with E-state index in [1.807, 2.05) is 0 Å². The molecule has 122 heavy (non-hydrogen) atoms. The summed E-state index contributed by atoms with van der Waals surface area (Å²) in [5.41, 5.74) is 0. The number of aliphatic hydroxyl groups is 27. The number of nitrogens with one attached hydrogen (secondary N) is 4. The summed E-state index contributed by atoms with van der Waals surface area (Å²) in [7, 11) is 0. The molecule has 10 aliphatic rings. The van der Waals surface area contributed by atoms with Crippen molar-refractivity contribution in [3.05, 3.63) is 0 Å². The average Bonchev–Trinajstić information content (AvgIpc) is 0.774. The van der Waals surface area contributed by atoms with Crippen molar-refractivity contribution in [3.8, 4) is 0 Å². The molecule has 0 spiro atoms. The zero-order valence-electron chi connectivity index (χ0n) is 65.7. The van der Waals surface area contributed by atoms with Gasteiger partial charge in [0.2, 0.25) is 23.6 Å². The molecule has 10 aliphatic heterocycles. The largest absolute Gasteiger partial charge is 0.394 e. The normalized spacial score (nSPS) is 49.7. The van der Waals surface area contributed by atoms with Crippen LogP contribution in [0.4, 0.5) is 0 Å². The van der Waals surface area contributed by atoms with Crippen LogP contribution in [0.25, 0.3) is 0 Å². The Balaban J connectivity index is 0.949. The van der Waals surface area contributed by atoms with Crippen LogP contribution in [0.5, 0.6) is 0 Å². The molecule has 54 heteroatoms. The Morgan fingerprint density at radius 1 is 0.230 bits per heavy atom. The molecule has 31 N–H and O–H groups in total. The third-order valence-electron chi connectivity index (χ3n) is 22.4. The number of ether oxygens (including phenoxy) is 19. The van der Waals surface area contributed by atoms with Gasteiger partial charge in [0, 0.05) is 27.7 Å². The van der Waals surface area contributed by atoms with Crippen molar-refractivity contribution >= 4 is 23.6 Å². The second-order valence-corrected chi connectivity index (χ2v) is 31.0. The lowest BCUT2D eigenvalue weighted by molar-refractivity contribution is -0.394. The number of amides is 4. The Hall–Kier alpha value is -3.96. The van der Waals surface area contributed by atoms with E-state index in [2.05, 4.69) is 21.3 Å². The first kappa shape index (κ1) is 100. The third kappa shape index (κ3) is 21.9. The molecule has 4 amide bonds. The van der Waals surface area contributed by atoms with Gasteiger partial charge in [0.05, 0.1) is 65.6 Å². The Morgan fingerprint density at radius 3 is 0.877 bits per heavy atom. The molecule has 0 aromatic rings. The minimum atomic E-state index is -2.56. The van der Waals surface area contributed by atoms with Gasteiger partial charge in [-0.2, -0.15) is 0 Å². The molecule has 10 saturated heterocycles. The van der Waals surface area contributed by atoms with Gasteiger partial charge in [0.25, 0.3) is 0 Å². The van der Waals surface area contributed by atoms with Crippen molar-refractivity contribution < 1.29 is 247 Å². The summed E-state index contributed by atoms with van der Waals surface area (Å²) in [6.45, 7) is -4.94. The van der Waals surface area contributed by atoms with Gasteiger partial charge in [-0.15, -0.1) is 0 Å². The Bertz CT molecular complexity index is 3290. The Labute approximate surface area is 691 Å². The van der Waals surface area contributed by atoms with Crippen molar-refractivity contribution in [1.29, 1.82) is 0 Å². The highest BCUT2D eigenvalue weighted by molar-refractivity contribution is 5.74. The molecule has 54 nitrogen and oxygen atoms in total. The first-order valence-electron chi connectivity index (χ1n) is 39.0. The summed E-state index contributed by atoms with van der Waals surface area (Å²) in [6.07, 6.45) is -94.2. The van der Waals surface area contributed by atoms with E-state index in [9.17, 15) is 157 Å². The van der Waals surface area contributed by atoms with Gasteiger partial charge < -0.3 is 249 Å². The van der Waals surface area contributed by atoms with Crippen LogP contribution in [0.1, 0.15) is 34.6 Å². The van der Waals surface area contributed by atoms with Crippen molar-refractivity contribution in [2.45, 2.75) is 341 Å². The standard InChI is InChI=1S/C68H114N4O50/c1-15-33(85)43(95)47(99)64(105-15)122-58-44(96)35(87)21(7-74)110-68(58)118-53-27(13-80)113-63(32(42(53)94)72-19(5)84)121-57-38(90)28(14-104-60-30(70-17(3)82)40(92)51(25(11-78)111-60)115-65-48(100)55(36(88)22(8-75)108-65)119-61-29(69-16(2)81)39(91)34(86)20(6-73)107-61)114-67(50(57)102)116-52-26(12-79)112-62(31(41(52)93)71-18(4)83)120-56-37(89)23(9-76)109-66(49(56)101)117-54-24(10-77)106-59(103)46(98)45(54)97/h15,20-68,73-80,85-103H,6-14H2,1-5H3,(H,69,81)(H,70,82)(H,71,83)(H,72,84)/t15-,20+,21+,22+,23+,24+,25+,26+,27+,28+,29+,30+,31+,32+,33+,34-,35-,36-,37-,38-,39+,40+,41+,42+,43+,44-,45+,46+,47-,48+,49+,50+,51+,52+,53+,54+,55-,56-,57-,58+,59+,60+,61+,62-,63-,64-,65-,66-,67-,68-/m0/s1. The maximum atomic E-state index is 13.3. The summed E-state index contributed by atoms with van der Waals surface area (Å²) in [4.78, 5) is 51.8. The van der Waals surface area contributed by atoms with Crippen LogP contribution in [-0.4, -0.2) is 528 Å². The number of carbonyl (C=O) groups excluding carboxylic acids is 4. The fourth-order valence-corrected chi connectivity index (χ4v) is 15.9. The van der Waals surface area contributed by atoms with E-state index in [1.54, 1.807) is 0 Å². The molecule has 0 bridgehead atoms. The molecule has 10 heterocycles. The molecule has 10 rings (SSSR count). The van der Waals surface area contributed by atoms with E-state index in [4.69, 9.17) is 90.0 Å². The van der Waals surface area contributed by atoms with Gasteiger partial charge in [-0.3, -0.25) is 19.2 Å². The maximum absolute atomic E-state index is 13.3. The molecule has 50 atom stereocenters. The molecule has 0 aromatic heterocycles. The minimum Gasteiger partial charge on any atom is -0.394 e. The second-order valence-electron chi connectivity index (χ2n) is 31.0. The lowest BCUT2D eigenvalue weighted by Crippen LogP contribution is -2.71. The molecular formula is C68H114N4O50. The van der Waals surface area contributed by atoms with Gasteiger partial charge in [0.15, 0.2) is 62.9 Å². The maximum Gasteiger partial charge on any atom is 0.217 e. The van der Waals surface area contributed by atoms with Crippen LogP contribution in [0.3, 0.4) is 0 Å². The average molecular weight is 1790 g/mol. The number of hydrogen-bond acceptors (Lipinski definition) is 50. The SMILES string of the molecule is CC(=O)N[C@H]1[C@H](OC[C@H]2O[C@@H](O[C@H]3[C@H](O)[C@@H](NC(C)=O)[C@H](O[C@H]4[C@@H](O)[C@@H](CO)O[C@@H](O[C@H]5[C@H](O)[C@@H](O)[C@H](O)O[C@@H]5CO)[C@@H]4O)O[C@@H]3CO)[C@H](O)[C@@H](O[C@@H]3O[C@H](CO)[C@@H](O[C@@H]4O[C@H](CO)[C@H](O)[C@H](O)[C@H]4O[C@@H]4O[C@@H](C)[C@@H](O)[C@@H](O)[C@@H]4O)[C@H](O)[C@H]3NC(C)=O)[C@H]2O)O[C@H](CO)[C@@H](O[C@@H]2O[C@H](CO)[C@H](O)[C@H](O[C@H]3O[C@H](CO)[C@H](O)[C@H](O)[C@H]3NC(C)=O)[C@H]2O)[C@@H]1O. The fourth-order valence-electron chi connectivity index (χ4n) is 15.9. The van der Waals surface area contributed by atoms with Gasteiger partial charge in [-0.05, 0) is 6.92 Å². The van der Waals surface area contributed by atoms with Gasteiger partial charge in [0.1, 0.15) is 238 Å². The van der Waals surface area contributed by atoms with Crippen LogP contribution in [0.2, 0.25) is 0 Å². The second kappa shape index (κ2) is 43.6. The van der Waals surface area contributed by atoms with Crippen LogP contribution in [0, 0.1) is 0 Å². The number of rotatable bonds is 31.